The molecule has 1 aromatic rings. The third-order valence-corrected chi connectivity index (χ3v) is 4.17. The molecule has 1 aromatic heterocycles. The second kappa shape index (κ2) is 6.62. The number of anilines is 2. The monoisotopic (exact) mass is 305 g/mol. The maximum atomic E-state index is 11.6. The lowest BCUT2D eigenvalue weighted by Gasteiger charge is -2.38. The average molecular weight is 305 g/mol. The predicted octanol–water partition coefficient (Wildman–Crippen LogP) is 2.16. The van der Waals surface area contributed by atoms with Crippen LogP contribution in [0.4, 0.5) is 11.5 Å². The number of rotatable bonds is 4. The second-order valence-electron chi connectivity index (χ2n) is 5.80. The maximum absolute atomic E-state index is 11.6. The van der Waals surface area contributed by atoms with Crippen LogP contribution in [0.5, 0.6) is 0 Å². The predicted molar refractivity (Wildman–Crippen MR) is 83.9 cm³/mol. The van der Waals surface area contributed by atoms with E-state index in [0.29, 0.717) is 19.6 Å². The van der Waals surface area contributed by atoms with Gasteiger partial charge in [0.2, 0.25) is 5.91 Å². The minimum atomic E-state index is -0.357. The van der Waals surface area contributed by atoms with Crippen molar-refractivity contribution in [3.63, 3.8) is 0 Å². The quantitative estimate of drug-likeness (QED) is 0.923. The molecule has 0 aromatic carbocycles. The van der Waals surface area contributed by atoms with E-state index in [2.05, 4.69) is 15.2 Å². The number of hydrogen-bond donors (Lipinski definition) is 1. The van der Waals surface area contributed by atoms with E-state index in [-0.39, 0.29) is 11.7 Å². The van der Waals surface area contributed by atoms with Crippen molar-refractivity contribution in [1.82, 2.24) is 4.98 Å². The Morgan fingerprint density at radius 1 is 1.32 bits per heavy atom. The lowest BCUT2D eigenvalue weighted by molar-refractivity contribution is -0.169. The van der Waals surface area contributed by atoms with Crippen LogP contribution in [0.3, 0.4) is 0 Å². The summed E-state index contributed by atoms with van der Waals surface area (Å²) in [5, 5.41) is 2.85. The van der Waals surface area contributed by atoms with Crippen LogP contribution in [0.25, 0.3) is 0 Å². The summed E-state index contributed by atoms with van der Waals surface area (Å²) in [6.07, 6.45) is 4.83. The van der Waals surface area contributed by atoms with E-state index < -0.39 is 0 Å². The number of aromatic nitrogens is 1. The first-order valence-electron chi connectivity index (χ1n) is 7.99. The molecule has 0 unspecified atom stereocenters. The zero-order chi connectivity index (χ0) is 15.4. The molecule has 6 nitrogen and oxygen atoms in total. The first-order chi connectivity index (χ1) is 10.7. The van der Waals surface area contributed by atoms with Crippen molar-refractivity contribution in [1.29, 1.82) is 0 Å². The number of amides is 1. The third kappa shape index (κ3) is 3.39. The molecule has 2 aliphatic rings. The number of hydrogen-bond acceptors (Lipinski definition) is 5. The van der Waals surface area contributed by atoms with Gasteiger partial charge in [-0.15, -0.1) is 0 Å². The van der Waals surface area contributed by atoms with Crippen molar-refractivity contribution in [2.24, 2.45) is 0 Å². The Labute approximate surface area is 130 Å². The van der Waals surface area contributed by atoms with Crippen molar-refractivity contribution in [3.8, 4) is 0 Å². The number of pyridine rings is 1. The molecular weight excluding hydrogens is 282 g/mol. The Balaban J connectivity index is 1.56. The van der Waals surface area contributed by atoms with Crippen molar-refractivity contribution < 1.29 is 14.3 Å². The van der Waals surface area contributed by atoms with E-state index in [1.807, 2.05) is 19.1 Å². The summed E-state index contributed by atoms with van der Waals surface area (Å²) in [5.74, 6) is 0.610. The molecule has 3 rings (SSSR count). The number of carbonyl (C=O) groups excluding carboxylic acids is 1. The summed E-state index contributed by atoms with van der Waals surface area (Å²) in [6, 6.07) is 3.86. The molecule has 3 heterocycles. The number of nitrogens with zero attached hydrogens (tertiary/aromatic N) is 2. The van der Waals surface area contributed by atoms with Crippen molar-refractivity contribution in [2.75, 3.05) is 36.5 Å². The third-order valence-electron chi connectivity index (χ3n) is 4.17. The lowest BCUT2D eigenvalue weighted by Crippen LogP contribution is -2.45. The summed E-state index contributed by atoms with van der Waals surface area (Å²) in [5.41, 5.74) is 0.748. The molecule has 2 aliphatic heterocycles. The van der Waals surface area contributed by atoms with E-state index in [1.165, 1.54) is 0 Å². The largest absolute Gasteiger partial charge is 0.356 e. The highest BCUT2D eigenvalue weighted by Gasteiger charge is 2.39. The van der Waals surface area contributed by atoms with Crippen LogP contribution >= 0.6 is 0 Å². The Hall–Kier alpha value is -1.66. The maximum Gasteiger partial charge on any atom is 0.224 e. The molecule has 0 bridgehead atoms. The Morgan fingerprint density at radius 3 is 2.64 bits per heavy atom. The zero-order valence-corrected chi connectivity index (χ0v) is 13.0. The second-order valence-corrected chi connectivity index (χ2v) is 5.80. The van der Waals surface area contributed by atoms with Gasteiger partial charge < -0.3 is 19.7 Å². The fraction of sp³-hybridized carbons (Fsp3) is 0.625. The summed E-state index contributed by atoms with van der Waals surface area (Å²) in [6.45, 7) is 5.12. The van der Waals surface area contributed by atoms with Gasteiger partial charge in [-0.3, -0.25) is 4.79 Å². The van der Waals surface area contributed by atoms with E-state index in [1.54, 1.807) is 6.20 Å². The van der Waals surface area contributed by atoms with Gasteiger partial charge in [0.05, 0.1) is 25.1 Å². The van der Waals surface area contributed by atoms with Crippen LogP contribution in [-0.2, 0) is 14.3 Å². The standard InChI is InChI=1S/C16H23N3O3/c1-2-3-15(20)18-13-4-5-14(17-12-13)19-8-6-16(7-9-19)21-10-11-22-16/h4-5,12H,2-3,6-11H2,1H3,(H,18,20). The highest BCUT2D eigenvalue weighted by atomic mass is 16.7. The average Bonchev–Trinajstić information content (AvgIpc) is 2.97. The molecule has 22 heavy (non-hydrogen) atoms. The number of piperidine rings is 1. The summed E-state index contributed by atoms with van der Waals surface area (Å²) in [7, 11) is 0. The van der Waals surface area contributed by atoms with Crippen LogP contribution < -0.4 is 10.2 Å². The molecule has 0 aliphatic carbocycles. The molecule has 1 N–H and O–H groups in total. The fourth-order valence-corrected chi connectivity index (χ4v) is 2.96. The molecule has 1 amide bonds. The van der Waals surface area contributed by atoms with Gasteiger partial charge in [-0.25, -0.2) is 4.98 Å². The van der Waals surface area contributed by atoms with Gasteiger partial charge in [0.25, 0.3) is 0 Å². The molecule has 0 radical (unpaired) electrons. The summed E-state index contributed by atoms with van der Waals surface area (Å²) in [4.78, 5) is 18.3. The van der Waals surface area contributed by atoms with Gasteiger partial charge >= 0.3 is 0 Å². The zero-order valence-electron chi connectivity index (χ0n) is 13.0. The fourth-order valence-electron chi connectivity index (χ4n) is 2.96. The Kier molecular flexibility index (Phi) is 4.59. The Bertz CT molecular complexity index is 502. The van der Waals surface area contributed by atoms with Gasteiger partial charge in [-0.2, -0.15) is 0 Å². The Morgan fingerprint density at radius 2 is 2.05 bits per heavy atom. The van der Waals surface area contributed by atoms with Crippen molar-refractivity contribution in [3.05, 3.63) is 18.3 Å². The van der Waals surface area contributed by atoms with E-state index >= 15 is 0 Å². The molecule has 120 valence electrons. The summed E-state index contributed by atoms with van der Waals surface area (Å²) < 4.78 is 11.5. The minimum absolute atomic E-state index is 0.0347. The van der Waals surface area contributed by atoms with Crippen LogP contribution in [0, 0.1) is 0 Å². The van der Waals surface area contributed by atoms with Gasteiger partial charge in [0.1, 0.15) is 5.82 Å². The van der Waals surface area contributed by atoms with E-state index in [0.717, 1.165) is 43.9 Å². The molecule has 6 heteroatoms. The first-order valence-corrected chi connectivity index (χ1v) is 7.99. The van der Waals surface area contributed by atoms with Crippen LogP contribution in [0.2, 0.25) is 0 Å². The highest BCUT2D eigenvalue weighted by Crippen LogP contribution is 2.32. The molecule has 0 saturated carbocycles. The van der Waals surface area contributed by atoms with Crippen LogP contribution in [0.1, 0.15) is 32.6 Å². The van der Waals surface area contributed by atoms with E-state index in [4.69, 9.17) is 9.47 Å². The SMILES string of the molecule is CCCC(=O)Nc1ccc(N2CCC3(CC2)OCCO3)nc1. The van der Waals surface area contributed by atoms with Crippen LogP contribution in [-0.4, -0.2) is 43.0 Å². The number of nitrogens with one attached hydrogen (secondary N) is 1. The van der Waals surface area contributed by atoms with Gasteiger partial charge in [-0.05, 0) is 18.6 Å². The van der Waals surface area contributed by atoms with Gasteiger partial charge in [0.15, 0.2) is 5.79 Å². The normalized spacial score (nSPS) is 20.3. The van der Waals surface area contributed by atoms with Gasteiger partial charge in [0, 0.05) is 32.4 Å². The van der Waals surface area contributed by atoms with E-state index in [9.17, 15) is 4.79 Å². The minimum Gasteiger partial charge on any atom is -0.356 e. The smallest absolute Gasteiger partial charge is 0.224 e. The van der Waals surface area contributed by atoms with Gasteiger partial charge in [-0.1, -0.05) is 6.92 Å². The summed E-state index contributed by atoms with van der Waals surface area (Å²) >= 11 is 0. The lowest BCUT2D eigenvalue weighted by atomic mass is 10.0. The molecular formula is C16H23N3O3. The molecule has 1 spiro atoms. The molecule has 2 fully saturated rings. The van der Waals surface area contributed by atoms with Crippen molar-refractivity contribution >= 4 is 17.4 Å². The highest BCUT2D eigenvalue weighted by molar-refractivity contribution is 5.90. The van der Waals surface area contributed by atoms with Crippen molar-refractivity contribution in [2.45, 2.75) is 38.4 Å². The van der Waals surface area contributed by atoms with Crippen LogP contribution in [0.15, 0.2) is 18.3 Å². The molecule has 2 saturated heterocycles. The first kappa shape index (κ1) is 15.2. The number of carbonyl (C=O) groups is 1. The molecule has 0 atom stereocenters. The number of ether oxygens (including phenoxy) is 2. The topological polar surface area (TPSA) is 63.7 Å².